The maximum Gasteiger partial charge on any atom is 0.391 e. The molecule has 0 atom stereocenters. The third-order valence-electron chi connectivity index (χ3n) is 2.35. The van der Waals surface area contributed by atoms with E-state index in [0.29, 0.717) is 4.90 Å². The van der Waals surface area contributed by atoms with Gasteiger partial charge in [0.1, 0.15) is 13.3 Å². The number of aliphatic hydroxyl groups excluding tert-OH is 1. The molecule has 3 amide bonds. The predicted molar refractivity (Wildman–Crippen MR) is 59.5 cm³/mol. The molecule has 0 aromatic carbocycles. The van der Waals surface area contributed by atoms with Gasteiger partial charge in [0.05, 0.1) is 12.3 Å². The van der Waals surface area contributed by atoms with Gasteiger partial charge in [-0.25, -0.2) is 14.7 Å². The van der Waals surface area contributed by atoms with E-state index in [9.17, 15) is 20.0 Å². The number of carbonyl (C=O) groups excluding carboxylic acids is 2. The number of ether oxygens (including phenoxy) is 1. The first-order valence-corrected chi connectivity index (χ1v) is 5.09. The van der Waals surface area contributed by atoms with Crippen molar-refractivity contribution in [2.45, 2.75) is 0 Å². The van der Waals surface area contributed by atoms with Crippen molar-refractivity contribution in [3.63, 3.8) is 0 Å². The number of imide groups is 1. The van der Waals surface area contributed by atoms with E-state index in [4.69, 9.17) is 9.84 Å². The van der Waals surface area contributed by atoms with Crippen molar-refractivity contribution in [1.82, 2.24) is 15.3 Å². The molecule has 1 saturated heterocycles. The first-order valence-electron chi connectivity index (χ1n) is 5.09. The van der Waals surface area contributed by atoms with Gasteiger partial charge in [-0.2, -0.15) is 0 Å². The Hall–Kier alpha value is -2.75. The van der Waals surface area contributed by atoms with Gasteiger partial charge in [0, 0.05) is 0 Å². The first kappa shape index (κ1) is 12.7. The fourth-order valence-corrected chi connectivity index (χ4v) is 1.44. The Morgan fingerprint density at radius 3 is 2.74 bits per heavy atom. The van der Waals surface area contributed by atoms with Crippen LogP contribution >= 0.6 is 0 Å². The lowest BCUT2D eigenvalue weighted by molar-refractivity contribution is -0.388. The number of hydrogen-bond donors (Lipinski definition) is 2. The average molecular weight is 269 g/mol. The quantitative estimate of drug-likeness (QED) is 0.363. The Morgan fingerprint density at radius 2 is 2.21 bits per heavy atom. The molecule has 102 valence electrons. The van der Waals surface area contributed by atoms with Crippen LogP contribution in [0.25, 0.3) is 0 Å². The summed E-state index contributed by atoms with van der Waals surface area (Å²) in [7, 11) is 0. The van der Waals surface area contributed by atoms with E-state index in [1.165, 1.54) is 12.3 Å². The molecular formula is C9H9N4O6-. The number of hydrogen-bond acceptors (Lipinski definition) is 7. The van der Waals surface area contributed by atoms with Crippen LogP contribution in [-0.4, -0.2) is 51.0 Å². The molecule has 0 spiro atoms. The van der Waals surface area contributed by atoms with Gasteiger partial charge in [0.15, 0.2) is 5.76 Å². The molecule has 2 aliphatic heterocycles. The molecule has 10 heteroatoms. The SMILES string of the molecule is O=C1CN(NC=C2C=CC(=[N+]([O-])[O-])O2)C(=O)N1CO. The number of nitrogens with one attached hydrogen (secondary N) is 1. The second kappa shape index (κ2) is 4.86. The van der Waals surface area contributed by atoms with Crippen LogP contribution in [0.1, 0.15) is 0 Å². The molecule has 0 aromatic rings. The van der Waals surface area contributed by atoms with Gasteiger partial charge in [-0.05, 0) is 6.08 Å². The minimum Gasteiger partial charge on any atom is -0.610 e. The molecule has 10 nitrogen and oxygen atoms in total. The number of amides is 3. The molecule has 0 radical (unpaired) electrons. The number of nitrogens with zero attached hydrogens (tertiary/aromatic N) is 3. The maximum atomic E-state index is 11.5. The normalized spacial score (nSPS) is 20.5. The highest BCUT2D eigenvalue weighted by Crippen LogP contribution is 2.11. The third kappa shape index (κ3) is 2.42. The van der Waals surface area contributed by atoms with E-state index in [-0.39, 0.29) is 12.3 Å². The van der Waals surface area contributed by atoms with Crippen molar-refractivity contribution in [3.8, 4) is 0 Å². The number of urea groups is 1. The van der Waals surface area contributed by atoms with Crippen molar-refractivity contribution in [1.29, 1.82) is 0 Å². The monoisotopic (exact) mass is 269 g/mol. The van der Waals surface area contributed by atoms with E-state index in [2.05, 4.69) is 5.43 Å². The van der Waals surface area contributed by atoms with Crippen LogP contribution < -0.4 is 5.43 Å². The number of allylic oxidation sites excluding steroid dienone is 1. The van der Waals surface area contributed by atoms with Gasteiger partial charge in [-0.3, -0.25) is 10.2 Å². The molecule has 2 rings (SSSR count). The van der Waals surface area contributed by atoms with Crippen LogP contribution in [-0.2, 0) is 9.53 Å². The predicted octanol–water partition coefficient (Wildman–Crippen LogP) is -1.46. The third-order valence-corrected chi connectivity index (χ3v) is 2.35. The number of carbonyl (C=O) groups is 2. The van der Waals surface area contributed by atoms with Gasteiger partial charge in [0.2, 0.25) is 0 Å². The average Bonchev–Trinajstić information content (AvgIpc) is 2.92. The summed E-state index contributed by atoms with van der Waals surface area (Å²) in [6.07, 6.45) is 3.68. The number of rotatable bonds is 3. The lowest BCUT2D eigenvalue weighted by Gasteiger charge is -2.15. The van der Waals surface area contributed by atoms with E-state index in [1.54, 1.807) is 0 Å². The summed E-state index contributed by atoms with van der Waals surface area (Å²) in [6.45, 7) is -0.958. The number of hydrazine groups is 1. The summed E-state index contributed by atoms with van der Waals surface area (Å²) < 4.78 is 4.82. The second-order valence-corrected chi connectivity index (χ2v) is 3.54. The molecule has 0 aliphatic carbocycles. The zero-order valence-corrected chi connectivity index (χ0v) is 9.48. The molecular weight excluding hydrogens is 260 g/mol. The summed E-state index contributed by atoms with van der Waals surface area (Å²) in [6, 6.07) is -0.718. The Morgan fingerprint density at radius 1 is 1.47 bits per heavy atom. The Labute approximate surface area is 106 Å². The van der Waals surface area contributed by atoms with Crippen LogP contribution in [0.3, 0.4) is 0 Å². The van der Waals surface area contributed by atoms with Crippen LogP contribution in [0.4, 0.5) is 4.79 Å². The molecule has 2 aliphatic rings. The van der Waals surface area contributed by atoms with Gasteiger partial charge in [0.25, 0.3) is 5.91 Å². The summed E-state index contributed by atoms with van der Waals surface area (Å²) >= 11 is 0. The van der Waals surface area contributed by atoms with Crippen molar-refractivity contribution in [2.24, 2.45) is 0 Å². The molecule has 0 aromatic heterocycles. The van der Waals surface area contributed by atoms with Crippen LogP contribution in [0.15, 0.2) is 24.1 Å². The molecule has 2 heterocycles. The lowest BCUT2D eigenvalue weighted by atomic mass is 10.5. The summed E-state index contributed by atoms with van der Waals surface area (Å²) in [5.41, 5.74) is 2.46. The van der Waals surface area contributed by atoms with Crippen molar-refractivity contribution in [2.75, 3.05) is 13.3 Å². The zero-order valence-electron chi connectivity index (χ0n) is 9.48. The summed E-state index contributed by atoms with van der Waals surface area (Å²) in [4.78, 5) is 22.7. The van der Waals surface area contributed by atoms with Crippen molar-refractivity contribution < 1.29 is 24.3 Å². The van der Waals surface area contributed by atoms with Gasteiger partial charge in [-0.15, -0.1) is 4.90 Å². The van der Waals surface area contributed by atoms with E-state index in [0.717, 1.165) is 11.1 Å². The van der Waals surface area contributed by atoms with Crippen LogP contribution in [0.5, 0.6) is 0 Å². The molecule has 0 bridgehead atoms. The van der Waals surface area contributed by atoms with Crippen molar-refractivity contribution >= 4 is 17.8 Å². The van der Waals surface area contributed by atoms with Gasteiger partial charge in [-0.1, -0.05) is 0 Å². The van der Waals surface area contributed by atoms with E-state index < -0.39 is 29.5 Å². The van der Waals surface area contributed by atoms with Crippen molar-refractivity contribution in [3.05, 3.63) is 34.5 Å². The Kier molecular flexibility index (Phi) is 3.25. The largest absolute Gasteiger partial charge is 0.610 e. The Bertz CT molecular complexity index is 507. The van der Waals surface area contributed by atoms with Crippen LogP contribution in [0, 0.1) is 10.4 Å². The lowest BCUT2D eigenvalue weighted by Crippen LogP contribution is -2.39. The minimum absolute atomic E-state index is 0.120. The summed E-state index contributed by atoms with van der Waals surface area (Å²) in [5, 5.41) is 30.5. The molecule has 1 fully saturated rings. The molecule has 0 unspecified atom stereocenters. The number of aliphatic hydroxyl groups is 1. The van der Waals surface area contributed by atoms with Gasteiger partial charge >= 0.3 is 11.9 Å². The molecule has 0 saturated carbocycles. The van der Waals surface area contributed by atoms with E-state index >= 15 is 0 Å². The highest BCUT2D eigenvalue weighted by atomic mass is 16.8. The highest BCUT2D eigenvalue weighted by molar-refractivity contribution is 6.01. The topological polar surface area (TPSA) is 131 Å². The van der Waals surface area contributed by atoms with Gasteiger partial charge < -0.3 is 20.3 Å². The minimum atomic E-state index is -0.718. The van der Waals surface area contributed by atoms with E-state index in [1.807, 2.05) is 0 Å². The fourth-order valence-electron chi connectivity index (χ4n) is 1.44. The molecule has 19 heavy (non-hydrogen) atoms. The molecule has 2 N–H and O–H groups in total. The first-order chi connectivity index (χ1) is 9.02. The second-order valence-electron chi connectivity index (χ2n) is 3.54. The fraction of sp³-hybridized carbons (Fsp3) is 0.222. The zero-order chi connectivity index (χ0) is 14.0. The highest BCUT2D eigenvalue weighted by Gasteiger charge is 2.35. The van der Waals surface area contributed by atoms with Crippen LogP contribution in [0.2, 0.25) is 0 Å². The standard InChI is InChI=1S/C9H9N4O6/c14-5-11-7(15)4-12(9(11)16)10-3-6-1-2-8(19-6)13(17)18/h1-3,10,14H,4-5H2/q-1. The smallest absolute Gasteiger partial charge is 0.391 e. The summed E-state index contributed by atoms with van der Waals surface area (Å²) in [5.74, 6) is -0.873. The Balaban J connectivity index is 1.98. The maximum absolute atomic E-state index is 11.5.